The third-order valence-corrected chi connectivity index (χ3v) is 6.79. The van der Waals surface area contributed by atoms with Gasteiger partial charge < -0.3 is 4.90 Å². The number of likely N-dealkylation sites (tertiary alicyclic amines) is 1. The molecule has 0 N–H and O–H groups in total. The predicted octanol–water partition coefficient (Wildman–Crippen LogP) is 6.23. The molecule has 2 aromatic rings. The minimum atomic E-state index is 0.401. The van der Waals surface area contributed by atoms with Gasteiger partial charge in [-0.15, -0.1) is 0 Å². The number of hydrogen-bond donors (Lipinski definition) is 0. The minimum Gasteiger partial charge on any atom is -0.366 e. The highest BCUT2D eigenvalue weighted by atomic mass is 79.9. The van der Waals surface area contributed by atoms with Crippen molar-refractivity contribution in [3.05, 3.63) is 120 Å². The molecule has 1 fully saturated rings. The molecule has 1 saturated heterocycles. The van der Waals surface area contributed by atoms with E-state index in [0.29, 0.717) is 23.8 Å². The van der Waals surface area contributed by atoms with Crippen molar-refractivity contribution >= 4 is 16.1 Å². The van der Waals surface area contributed by atoms with Crippen molar-refractivity contribution in [2.45, 2.75) is 18.4 Å². The summed E-state index contributed by atoms with van der Waals surface area (Å²) in [5.74, 6) is 1.38. The average molecular weight is 445 g/mol. The summed E-state index contributed by atoms with van der Waals surface area (Å²) in [5, 5.41) is 0. The van der Waals surface area contributed by atoms with Crippen LogP contribution in [0.5, 0.6) is 0 Å². The molecule has 0 amide bonds. The number of halogens is 1. The van der Waals surface area contributed by atoms with E-state index in [1.165, 1.54) is 16.8 Å². The van der Waals surface area contributed by atoms with E-state index >= 15 is 0 Å². The molecule has 0 spiro atoms. The van der Waals surface area contributed by atoms with Gasteiger partial charge in [0.15, 0.2) is 0 Å². The first-order valence-electron chi connectivity index (χ1n) is 10.4. The molecule has 2 aliphatic heterocycles. The maximum atomic E-state index is 3.61. The lowest BCUT2D eigenvalue weighted by atomic mass is 9.86. The number of nitrogens with zero attached hydrogens (tertiary/aromatic N) is 2. The summed E-state index contributed by atoms with van der Waals surface area (Å²) in [7, 11) is 0. The van der Waals surface area contributed by atoms with Gasteiger partial charge >= 0.3 is 0 Å². The second kappa shape index (κ2) is 8.08. The van der Waals surface area contributed by atoms with Crippen LogP contribution in [0, 0.1) is 11.8 Å². The largest absolute Gasteiger partial charge is 0.366 e. The average Bonchev–Trinajstić information content (AvgIpc) is 3.08. The van der Waals surface area contributed by atoms with E-state index in [9.17, 15) is 0 Å². The Labute approximate surface area is 181 Å². The van der Waals surface area contributed by atoms with Crippen molar-refractivity contribution in [2.24, 2.45) is 11.8 Å². The SMILES string of the molecule is BrN1C=CC2C(=C1)N(CCC(c1ccccc1)c1ccccc1)C1C=CC=CC21. The monoisotopic (exact) mass is 444 g/mol. The summed E-state index contributed by atoms with van der Waals surface area (Å²) >= 11 is 3.61. The molecule has 3 unspecified atom stereocenters. The van der Waals surface area contributed by atoms with Gasteiger partial charge in [0, 0.05) is 42.4 Å². The van der Waals surface area contributed by atoms with Crippen LogP contribution in [0.3, 0.4) is 0 Å². The maximum absolute atomic E-state index is 3.61. The van der Waals surface area contributed by atoms with Crippen molar-refractivity contribution in [1.29, 1.82) is 0 Å². The fraction of sp³-hybridized carbons (Fsp3) is 0.231. The van der Waals surface area contributed by atoms with E-state index in [0.717, 1.165) is 13.0 Å². The highest BCUT2D eigenvalue weighted by molar-refractivity contribution is 9.07. The number of hydrogen-bond acceptors (Lipinski definition) is 2. The Morgan fingerprint density at radius 3 is 2.17 bits per heavy atom. The summed E-state index contributed by atoms with van der Waals surface area (Å²) in [6.07, 6.45) is 16.9. The van der Waals surface area contributed by atoms with E-state index in [4.69, 9.17) is 0 Å². The molecular formula is C26H25BrN2. The van der Waals surface area contributed by atoms with Crippen LogP contribution in [-0.4, -0.2) is 21.4 Å². The molecule has 3 aliphatic rings. The van der Waals surface area contributed by atoms with Gasteiger partial charge in [-0.3, -0.25) is 3.93 Å². The normalized spacial score (nSPS) is 24.6. The van der Waals surface area contributed by atoms with E-state index in [1.807, 2.05) is 3.93 Å². The molecule has 0 saturated carbocycles. The molecule has 0 aromatic heterocycles. The molecular weight excluding hydrogens is 420 g/mol. The molecule has 146 valence electrons. The molecule has 2 aromatic carbocycles. The molecule has 29 heavy (non-hydrogen) atoms. The van der Waals surface area contributed by atoms with Gasteiger partial charge in [0.1, 0.15) is 0 Å². The number of benzene rings is 2. The Kier molecular flexibility index (Phi) is 5.15. The Morgan fingerprint density at radius 1 is 0.828 bits per heavy atom. The summed E-state index contributed by atoms with van der Waals surface area (Å²) in [6, 6.07) is 22.3. The van der Waals surface area contributed by atoms with Gasteiger partial charge in [0.05, 0.1) is 22.2 Å². The summed E-state index contributed by atoms with van der Waals surface area (Å²) < 4.78 is 2.00. The lowest BCUT2D eigenvalue weighted by Gasteiger charge is -2.31. The van der Waals surface area contributed by atoms with Crippen LogP contribution in [0.1, 0.15) is 23.5 Å². The first kappa shape index (κ1) is 18.5. The summed E-state index contributed by atoms with van der Waals surface area (Å²) in [5.41, 5.74) is 4.20. The van der Waals surface area contributed by atoms with Crippen LogP contribution >= 0.6 is 16.1 Å². The van der Waals surface area contributed by atoms with Crippen molar-refractivity contribution in [2.75, 3.05) is 6.54 Å². The quantitative estimate of drug-likeness (QED) is 0.504. The topological polar surface area (TPSA) is 6.48 Å². The van der Waals surface area contributed by atoms with Crippen LogP contribution in [0.4, 0.5) is 0 Å². The molecule has 3 atom stereocenters. The number of fused-ring (bicyclic) bond motifs is 3. The molecule has 0 radical (unpaired) electrons. The van der Waals surface area contributed by atoms with Crippen LogP contribution < -0.4 is 0 Å². The Bertz CT molecular complexity index is 921. The van der Waals surface area contributed by atoms with Crippen LogP contribution in [0.2, 0.25) is 0 Å². The highest BCUT2D eigenvalue weighted by Gasteiger charge is 2.43. The van der Waals surface area contributed by atoms with E-state index < -0.39 is 0 Å². The van der Waals surface area contributed by atoms with E-state index in [2.05, 4.69) is 124 Å². The predicted molar refractivity (Wildman–Crippen MR) is 123 cm³/mol. The van der Waals surface area contributed by atoms with Gasteiger partial charge in [0.25, 0.3) is 0 Å². The molecule has 0 bridgehead atoms. The zero-order chi connectivity index (χ0) is 19.6. The van der Waals surface area contributed by atoms with Gasteiger partial charge in [-0.05, 0) is 17.5 Å². The smallest absolute Gasteiger partial charge is 0.0546 e. The van der Waals surface area contributed by atoms with Gasteiger partial charge in [0.2, 0.25) is 0 Å². The van der Waals surface area contributed by atoms with E-state index in [-0.39, 0.29) is 0 Å². The van der Waals surface area contributed by atoms with Crippen molar-refractivity contribution in [3.63, 3.8) is 0 Å². The minimum absolute atomic E-state index is 0.401. The third-order valence-electron chi connectivity index (χ3n) is 6.35. The van der Waals surface area contributed by atoms with Crippen LogP contribution in [0.25, 0.3) is 0 Å². The maximum Gasteiger partial charge on any atom is 0.0546 e. The second-order valence-corrected chi connectivity index (χ2v) is 8.78. The second-order valence-electron chi connectivity index (χ2n) is 7.96. The van der Waals surface area contributed by atoms with Crippen molar-refractivity contribution < 1.29 is 0 Å². The van der Waals surface area contributed by atoms with Gasteiger partial charge in [-0.25, -0.2) is 0 Å². The zero-order valence-corrected chi connectivity index (χ0v) is 17.9. The first-order chi connectivity index (χ1) is 14.3. The van der Waals surface area contributed by atoms with Crippen LogP contribution in [0.15, 0.2) is 109 Å². The Balaban J connectivity index is 1.43. The molecule has 5 rings (SSSR count). The molecule has 3 heteroatoms. The molecule has 1 aliphatic carbocycles. The number of rotatable bonds is 5. The van der Waals surface area contributed by atoms with Crippen molar-refractivity contribution in [1.82, 2.24) is 8.83 Å². The summed E-state index contributed by atoms with van der Waals surface area (Å²) in [6.45, 7) is 1.03. The first-order valence-corrected chi connectivity index (χ1v) is 11.1. The van der Waals surface area contributed by atoms with Crippen LogP contribution in [-0.2, 0) is 0 Å². The Hall–Kier alpha value is -2.52. The summed E-state index contributed by atoms with van der Waals surface area (Å²) in [4.78, 5) is 2.62. The zero-order valence-electron chi connectivity index (χ0n) is 16.3. The van der Waals surface area contributed by atoms with E-state index in [1.54, 1.807) is 0 Å². The molecule has 2 nitrogen and oxygen atoms in total. The highest BCUT2D eigenvalue weighted by Crippen LogP contribution is 2.45. The Morgan fingerprint density at radius 2 is 1.48 bits per heavy atom. The number of allylic oxidation sites excluding steroid dienone is 3. The fourth-order valence-corrected chi connectivity index (χ4v) is 5.34. The van der Waals surface area contributed by atoms with Crippen molar-refractivity contribution in [3.8, 4) is 0 Å². The lowest BCUT2D eigenvalue weighted by molar-refractivity contribution is 0.303. The standard InChI is InChI=1S/C26H25BrN2/c27-28-17-15-24-23-13-7-8-14-25(23)29(26(24)19-28)18-16-22(20-9-3-1-4-10-20)21-11-5-2-6-12-21/h1-15,17,19,22-25H,16,18H2. The third kappa shape index (κ3) is 3.60. The lowest BCUT2D eigenvalue weighted by Crippen LogP contribution is -2.32. The fourth-order valence-electron chi connectivity index (χ4n) is 4.99. The van der Waals surface area contributed by atoms with Gasteiger partial charge in [-0.1, -0.05) is 91.0 Å². The van der Waals surface area contributed by atoms with Gasteiger partial charge in [-0.2, -0.15) is 0 Å². The molecule has 2 heterocycles.